The van der Waals surface area contributed by atoms with Crippen LogP contribution in [0.3, 0.4) is 0 Å². The Bertz CT molecular complexity index is 2090. The van der Waals surface area contributed by atoms with Crippen LogP contribution in [-0.4, -0.2) is 66.7 Å². The number of fused-ring (bicyclic) bond motifs is 2. The lowest BCUT2D eigenvalue weighted by atomic mass is 9.77. The van der Waals surface area contributed by atoms with Crippen LogP contribution in [0.5, 0.6) is 0 Å². The van der Waals surface area contributed by atoms with E-state index in [-0.39, 0.29) is 27.4 Å². The maximum atomic E-state index is 13.6. The van der Waals surface area contributed by atoms with E-state index in [1.807, 2.05) is 32.6 Å². The summed E-state index contributed by atoms with van der Waals surface area (Å²) in [6, 6.07) is 8.45. The van der Waals surface area contributed by atoms with Crippen LogP contribution in [0.15, 0.2) is 80.9 Å². The number of hydrogen-bond acceptors (Lipinski definition) is 8. The maximum absolute atomic E-state index is 13.6. The van der Waals surface area contributed by atoms with Crippen LogP contribution in [0.2, 0.25) is 0 Å². The third kappa shape index (κ3) is 5.94. The van der Waals surface area contributed by atoms with E-state index in [4.69, 9.17) is 5.11 Å². The summed E-state index contributed by atoms with van der Waals surface area (Å²) >= 11 is 0. The van der Waals surface area contributed by atoms with E-state index in [9.17, 15) is 40.6 Å². The van der Waals surface area contributed by atoms with Crippen molar-refractivity contribution >= 4 is 49.1 Å². The molecule has 0 saturated carbocycles. The molecule has 0 amide bonds. The van der Waals surface area contributed by atoms with Crippen molar-refractivity contribution in [2.24, 2.45) is 0 Å². The van der Waals surface area contributed by atoms with Gasteiger partial charge in [-0.2, -0.15) is 21.4 Å². The number of aliphatic carboxylic acids is 1. The fourth-order valence-corrected chi connectivity index (χ4v) is 7.65. The summed E-state index contributed by atoms with van der Waals surface area (Å²) in [6.07, 6.45) is 4.71. The Morgan fingerprint density at radius 3 is 2.06 bits per heavy atom. The Morgan fingerprint density at radius 2 is 1.49 bits per heavy atom. The normalized spacial score (nSPS) is 20.2. The van der Waals surface area contributed by atoms with Gasteiger partial charge in [-0.1, -0.05) is 26.0 Å². The van der Waals surface area contributed by atoms with Gasteiger partial charge in [-0.15, -0.1) is 0 Å². The van der Waals surface area contributed by atoms with Crippen molar-refractivity contribution in [3.8, 4) is 0 Å². The van der Waals surface area contributed by atoms with Gasteiger partial charge in [0.15, 0.2) is 11.5 Å². The second kappa shape index (κ2) is 11.5. The number of ketones is 1. The minimum atomic E-state index is -4.50. The first-order valence-electron chi connectivity index (χ1n) is 14.9. The Labute approximate surface area is 273 Å². The lowest BCUT2D eigenvalue weighted by molar-refractivity contribution is -0.401. The molecular formula is C33H36N2O10S2. The Hall–Kier alpha value is -4.11. The fourth-order valence-electron chi connectivity index (χ4n) is 6.64. The van der Waals surface area contributed by atoms with Crippen molar-refractivity contribution in [1.29, 1.82) is 0 Å². The predicted octanol–water partition coefficient (Wildman–Crippen LogP) is 3.64. The van der Waals surface area contributed by atoms with Gasteiger partial charge >= 0.3 is 5.97 Å². The molecule has 250 valence electrons. The number of Topliss-reactive ketones (excluding diaryl/α,β-unsaturated/α-hetero) is 1. The summed E-state index contributed by atoms with van der Waals surface area (Å²) in [7, 11) is -7.21. The molecule has 5 rings (SSSR count). The fraction of sp³-hybridized carbons (Fsp3) is 0.364. The van der Waals surface area contributed by atoms with Crippen LogP contribution in [0.4, 0.5) is 11.4 Å². The highest BCUT2D eigenvalue weighted by Gasteiger charge is 2.46. The summed E-state index contributed by atoms with van der Waals surface area (Å²) < 4.78 is 68.5. The highest BCUT2D eigenvalue weighted by Crippen LogP contribution is 2.50. The molecule has 0 fully saturated rings. The average Bonchev–Trinajstić information content (AvgIpc) is 3.30. The molecule has 2 heterocycles. The van der Waals surface area contributed by atoms with Gasteiger partial charge in [0.25, 0.3) is 20.2 Å². The smallest absolute Gasteiger partial charge is 0.303 e. The zero-order valence-electron chi connectivity index (χ0n) is 26.6. The molecule has 0 saturated heterocycles. The Morgan fingerprint density at radius 1 is 0.894 bits per heavy atom. The molecule has 0 bridgehead atoms. The number of carbonyl (C=O) groups excluding carboxylic acids is 1. The van der Waals surface area contributed by atoms with Crippen molar-refractivity contribution < 1.29 is 50.3 Å². The second-order valence-electron chi connectivity index (χ2n) is 13.0. The highest BCUT2D eigenvalue weighted by molar-refractivity contribution is 7.86. The van der Waals surface area contributed by atoms with Crippen molar-refractivity contribution in [3.05, 3.63) is 82.3 Å². The van der Waals surface area contributed by atoms with Crippen LogP contribution in [0.1, 0.15) is 64.5 Å². The summed E-state index contributed by atoms with van der Waals surface area (Å²) in [5.74, 6) is -1.86. The molecule has 12 nitrogen and oxygen atoms in total. The minimum Gasteiger partial charge on any atom is -0.871 e. The molecule has 0 radical (unpaired) electrons. The van der Waals surface area contributed by atoms with Crippen LogP contribution in [0.25, 0.3) is 0 Å². The van der Waals surface area contributed by atoms with Gasteiger partial charge in [0.1, 0.15) is 7.05 Å². The van der Waals surface area contributed by atoms with E-state index < -0.39 is 48.6 Å². The molecule has 0 atom stereocenters. The number of carboxylic acids is 1. The first kappa shape index (κ1) is 34.2. The van der Waals surface area contributed by atoms with Crippen LogP contribution in [0, 0.1) is 0 Å². The van der Waals surface area contributed by atoms with E-state index in [0.717, 1.165) is 0 Å². The Balaban J connectivity index is 1.53. The van der Waals surface area contributed by atoms with Crippen LogP contribution >= 0.6 is 0 Å². The molecule has 14 heteroatoms. The van der Waals surface area contributed by atoms with E-state index in [1.165, 1.54) is 36.4 Å². The van der Waals surface area contributed by atoms with Gasteiger partial charge in [-0.25, -0.2) is 0 Å². The summed E-state index contributed by atoms with van der Waals surface area (Å²) in [5.41, 5.74) is 1.85. The third-order valence-electron chi connectivity index (χ3n) is 9.28. The highest BCUT2D eigenvalue weighted by atomic mass is 32.2. The zero-order valence-corrected chi connectivity index (χ0v) is 28.2. The van der Waals surface area contributed by atoms with Crippen LogP contribution in [-0.2, 0) is 40.7 Å². The van der Waals surface area contributed by atoms with Gasteiger partial charge in [0.2, 0.25) is 5.69 Å². The quantitative estimate of drug-likeness (QED) is 0.143. The summed E-state index contributed by atoms with van der Waals surface area (Å²) in [5, 5.41) is 22.5. The second-order valence-corrected chi connectivity index (χ2v) is 15.9. The SMILES string of the molecule is C[N+]1=C(/C=C2\C(=O)C(/C=C3/N(CCCCCC(=O)O)c4ccc(S(=O)(=O)O)cc4C3(C)C)=C2[O-])C(C)(C)c2cc(S(=O)(=O)O)ccc21. The molecule has 1 aliphatic carbocycles. The van der Waals surface area contributed by atoms with Gasteiger partial charge in [-0.3, -0.25) is 18.7 Å². The van der Waals surface area contributed by atoms with Crippen molar-refractivity contribution in [1.82, 2.24) is 0 Å². The van der Waals surface area contributed by atoms with Gasteiger partial charge in [-0.05, 0) is 68.7 Å². The number of allylic oxidation sites excluding steroid dienone is 5. The summed E-state index contributed by atoms with van der Waals surface area (Å²) in [6.45, 7) is 7.70. The number of rotatable bonds is 10. The van der Waals surface area contributed by atoms with Crippen molar-refractivity contribution in [2.75, 3.05) is 18.5 Å². The number of unbranched alkanes of at least 4 members (excludes halogenated alkanes) is 2. The average molecular weight is 685 g/mol. The molecule has 0 spiro atoms. The molecule has 0 aromatic heterocycles. The van der Waals surface area contributed by atoms with Gasteiger partial charge in [0.05, 0.1) is 15.2 Å². The van der Waals surface area contributed by atoms with E-state index in [1.54, 1.807) is 23.8 Å². The number of nitrogens with zero attached hydrogens (tertiary/aromatic N) is 2. The molecule has 2 aromatic carbocycles. The molecule has 2 aliphatic heterocycles. The van der Waals surface area contributed by atoms with Crippen molar-refractivity contribution in [2.45, 2.75) is 74.0 Å². The molecule has 3 aliphatic rings. The predicted molar refractivity (Wildman–Crippen MR) is 171 cm³/mol. The number of anilines is 1. The lowest BCUT2D eigenvalue weighted by Gasteiger charge is -2.33. The number of hydrogen-bond donors (Lipinski definition) is 3. The molecule has 2 aromatic rings. The van der Waals surface area contributed by atoms with Crippen LogP contribution < -0.4 is 10.0 Å². The molecule has 0 unspecified atom stereocenters. The van der Waals surface area contributed by atoms with E-state index in [2.05, 4.69) is 0 Å². The molecule has 3 N–H and O–H groups in total. The number of benzene rings is 2. The largest absolute Gasteiger partial charge is 0.871 e. The molecule has 47 heavy (non-hydrogen) atoms. The van der Waals surface area contributed by atoms with Gasteiger partial charge < -0.3 is 15.1 Å². The first-order valence-corrected chi connectivity index (χ1v) is 17.8. The standard InChI is InChI=1S/C33H36N2O10S2/c1-32(2)23-15-19(46(40,41)42)10-12-25(23)34(5)27(32)17-21-30(38)22(31(21)39)18-28-33(3,4)24-16-20(47(43,44)45)11-13-26(24)35(28)14-8-6-7-9-29(36)37/h10-13,15-18H,6-9,14H2,1-5H3,(H3-,36,37,38,39,40,41,42,43,44,45). The Kier molecular flexibility index (Phi) is 8.41. The van der Waals surface area contributed by atoms with E-state index >= 15 is 0 Å². The third-order valence-corrected chi connectivity index (χ3v) is 11.0. The van der Waals surface area contributed by atoms with Gasteiger partial charge in [0, 0.05) is 58.6 Å². The monoisotopic (exact) mass is 684 g/mol. The lowest BCUT2D eigenvalue weighted by Crippen LogP contribution is -2.35. The summed E-state index contributed by atoms with van der Waals surface area (Å²) in [4.78, 5) is 25.9. The zero-order chi connectivity index (χ0) is 34.9. The number of carboxylic acid groups (broad SMARTS) is 1. The first-order chi connectivity index (χ1) is 21.7. The minimum absolute atomic E-state index is 0.0241. The topological polar surface area (TPSA) is 192 Å². The number of carbonyl (C=O) groups is 2. The van der Waals surface area contributed by atoms with E-state index in [0.29, 0.717) is 59.7 Å². The molecular weight excluding hydrogens is 649 g/mol. The maximum Gasteiger partial charge on any atom is 0.303 e. The van der Waals surface area contributed by atoms with Crippen molar-refractivity contribution in [3.63, 3.8) is 0 Å².